The minimum atomic E-state index is -0.894. The topological polar surface area (TPSA) is 60.9 Å². The van der Waals surface area contributed by atoms with Gasteiger partial charge < -0.3 is 10.0 Å². The molecule has 1 rings (SSSR count). The van der Waals surface area contributed by atoms with Gasteiger partial charge in [0.2, 0.25) is 5.91 Å². The average molecular weight is 292 g/mol. The van der Waals surface area contributed by atoms with Gasteiger partial charge >= 0.3 is 5.97 Å². The number of aliphatic carboxylic acids is 1. The fourth-order valence-electron chi connectivity index (χ4n) is 2.17. The van der Waals surface area contributed by atoms with Crippen LogP contribution in [0.2, 0.25) is 0 Å². The summed E-state index contributed by atoms with van der Waals surface area (Å²) < 4.78 is 0. The summed E-state index contributed by atoms with van der Waals surface area (Å²) in [5.41, 5.74) is 2.24. The molecule has 0 heterocycles. The van der Waals surface area contributed by atoms with Gasteiger partial charge in [-0.3, -0.25) is 14.5 Å². The lowest BCUT2D eigenvalue weighted by molar-refractivity contribution is -0.144. The number of benzene rings is 1. The largest absolute Gasteiger partial charge is 0.480 e. The van der Waals surface area contributed by atoms with Crippen molar-refractivity contribution in [3.05, 3.63) is 35.4 Å². The van der Waals surface area contributed by atoms with Crippen LogP contribution in [-0.4, -0.2) is 53.5 Å². The molecule has 1 aromatic rings. The van der Waals surface area contributed by atoms with Gasteiger partial charge in [0.15, 0.2) is 0 Å². The Kier molecular flexibility index (Phi) is 6.37. The van der Waals surface area contributed by atoms with Crippen LogP contribution in [0.1, 0.15) is 24.5 Å². The summed E-state index contributed by atoms with van der Waals surface area (Å²) in [7, 11) is 3.40. The number of aryl methyl sites for hydroxylation is 1. The number of nitrogens with zero attached hydrogens (tertiary/aromatic N) is 2. The van der Waals surface area contributed by atoms with Gasteiger partial charge in [-0.05, 0) is 26.0 Å². The average Bonchev–Trinajstić information content (AvgIpc) is 2.41. The van der Waals surface area contributed by atoms with Crippen LogP contribution in [0.15, 0.2) is 24.3 Å². The van der Waals surface area contributed by atoms with Crippen molar-refractivity contribution in [3.63, 3.8) is 0 Å². The molecule has 0 bridgehead atoms. The van der Waals surface area contributed by atoms with Crippen molar-refractivity contribution < 1.29 is 14.7 Å². The molecule has 5 nitrogen and oxygen atoms in total. The third-order valence-corrected chi connectivity index (χ3v) is 3.55. The van der Waals surface area contributed by atoms with E-state index in [9.17, 15) is 9.59 Å². The number of carboxylic acids is 1. The molecule has 0 aliphatic rings. The second kappa shape index (κ2) is 7.78. The molecular formula is C16H24N2O3. The molecule has 1 atom stereocenters. The number of carbonyl (C=O) groups excluding carboxylic acids is 1. The van der Waals surface area contributed by atoms with Gasteiger partial charge in [0, 0.05) is 13.6 Å². The van der Waals surface area contributed by atoms with Gasteiger partial charge in [-0.1, -0.05) is 36.8 Å². The predicted octanol–water partition coefficient (Wildman–Crippen LogP) is 1.75. The summed E-state index contributed by atoms with van der Waals surface area (Å²) in [6.07, 6.45) is 0.473. The molecule has 1 aromatic carbocycles. The first-order valence-electron chi connectivity index (χ1n) is 7.07. The van der Waals surface area contributed by atoms with Crippen LogP contribution in [0, 0.1) is 6.92 Å². The van der Waals surface area contributed by atoms with Crippen molar-refractivity contribution in [1.82, 2.24) is 9.80 Å². The van der Waals surface area contributed by atoms with Crippen molar-refractivity contribution in [3.8, 4) is 0 Å². The van der Waals surface area contributed by atoms with Crippen LogP contribution in [0.5, 0.6) is 0 Å². The molecule has 0 aliphatic carbocycles. The molecule has 1 N–H and O–H groups in total. The molecule has 0 fully saturated rings. The van der Waals surface area contributed by atoms with Crippen molar-refractivity contribution in [2.75, 3.05) is 20.6 Å². The van der Waals surface area contributed by atoms with E-state index in [1.165, 1.54) is 5.56 Å². The number of carboxylic acid groups (broad SMARTS) is 1. The minimum Gasteiger partial charge on any atom is -0.480 e. The number of likely N-dealkylation sites (N-methyl/N-ethyl adjacent to an activating group) is 2. The maximum atomic E-state index is 12.2. The van der Waals surface area contributed by atoms with E-state index in [0.717, 1.165) is 5.56 Å². The quantitative estimate of drug-likeness (QED) is 0.831. The van der Waals surface area contributed by atoms with E-state index < -0.39 is 12.0 Å². The molecule has 0 spiro atoms. The first kappa shape index (κ1) is 17.2. The second-order valence-electron chi connectivity index (χ2n) is 5.41. The number of amides is 1. The fourth-order valence-corrected chi connectivity index (χ4v) is 2.17. The molecular weight excluding hydrogens is 268 g/mol. The third-order valence-electron chi connectivity index (χ3n) is 3.55. The summed E-state index contributed by atoms with van der Waals surface area (Å²) >= 11 is 0. The molecule has 0 radical (unpaired) electrons. The minimum absolute atomic E-state index is 0.0854. The van der Waals surface area contributed by atoms with Crippen LogP contribution >= 0.6 is 0 Å². The van der Waals surface area contributed by atoms with E-state index in [1.54, 1.807) is 30.8 Å². The van der Waals surface area contributed by atoms with Crippen LogP contribution < -0.4 is 0 Å². The van der Waals surface area contributed by atoms with Crippen LogP contribution in [0.4, 0.5) is 0 Å². The molecule has 0 aliphatic heterocycles. The normalized spacial score (nSPS) is 12.2. The molecule has 116 valence electrons. The Hall–Kier alpha value is -1.88. The Morgan fingerprint density at radius 3 is 2.24 bits per heavy atom. The maximum absolute atomic E-state index is 12.2. The molecule has 0 saturated carbocycles. The van der Waals surface area contributed by atoms with E-state index in [0.29, 0.717) is 13.0 Å². The SMILES string of the molecule is CCC(C(=O)O)N(C)CC(=O)N(C)Cc1ccc(C)cc1. The van der Waals surface area contributed by atoms with E-state index in [1.807, 2.05) is 31.2 Å². The molecule has 21 heavy (non-hydrogen) atoms. The van der Waals surface area contributed by atoms with Crippen molar-refractivity contribution >= 4 is 11.9 Å². The van der Waals surface area contributed by atoms with Crippen LogP contribution in [-0.2, 0) is 16.1 Å². The van der Waals surface area contributed by atoms with Crippen LogP contribution in [0.3, 0.4) is 0 Å². The summed E-state index contributed by atoms with van der Waals surface area (Å²) in [6.45, 7) is 4.45. The molecule has 0 aromatic heterocycles. The van der Waals surface area contributed by atoms with Crippen LogP contribution in [0.25, 0.3) is 0 Å². The summed E-state index contributed by atoms with van der Waals surface area (Å²) in [6, 6.07) is 7.39. The van der Waals surface area contributed by atoms with Gasteiger partial charge in [-0.25, -0.2) is 0 Å². The fraction of sp³-hybridized carbons (Fsp3) is 0.500. The highest BCUT2D eigenvalue weighted by Gasteiger charge is 2.23. The monoisotopic (exact) mass is 292 g/mol. The first-order valence-corrected chi connectivity index (χ1v) is 7.07. The lowest BCUT2D eigenvalue weighted by atomic mass is 10.1. The van der Waals surface area contributed by atoms with Crippen molar-refractivity contribution in [2.45, 2.75) is 32.9 Å². The first-order chi connectivity index (χ1) is 9.85. The maximum Gasteiger partial charge on any atom is 0.320 e. The Morgan fingerprint density at radius 2 is 1.76 bits per heavy atom. The third kappa shape index (κ3) is 5.19. The second-order valence-corrected chi connectivity index (χ2v) is 5.41. The van der Waals surface area contributed by atoms with Gasteiger partial charge in [0.05, 0.1) is 6.54 Å². The number of rotatable bonds is 7. The Bertz CT molecular complexity index is 485. The van der Waals surface area contributed by atoms with Gasteiger partial charge in [0.25, 0.3) is 0 Å². The van der Waals surface area contributed by atoms with Crippen molar-refractivity contribution in [1.29, 1.82) is 0 Å². The number of hydrogen-bond donors (Lipinski definition) is 1. The molecule has 5 heteroatoms. The van der Waals surface area contributed by atoms with E-state index >= 15 is 0 Å². The number of hydrogen-bond acceptors (Lipinski definition) is 3. The lowest BCUT2D eigenvalue weighted by Gasteiger charge is -2.25. The standard InChI is InChI=1S/C16H24N2O3/c1-5-14(16(20)21)17(3)11-15(19)18(4)10-13-8-6-12(2)7-9-13/h6-9,14H,5,10-11H2,1-4H3,(H,20,21). The molecule has 1 amide bonds. The zero-order valence-electron chi connectivity index (χ0n) is 13.2. The van der Waals surface area contributed by atoms with Crippen molar-refractivity contribution in [2.24, 2.45) is 0 Å². The van der Waals surface area contributed by atoms with Gasteiger partial charge in [0.1, 0.15) is 6.04 Å². The number of carbonyl (C=O) groups is 2. The highest BCUT2D eigenvalue weighted by atomic mass is 16.4. The lowest BCUT2D eigenvalue weighted by Crippen LogP contribution is -2.44. The van der Waals surface area contributed by atoms with Gasteiger partial charge in [-0.2, -0.15) is 0 Å². The highest BCUT2D eigenvalue weighted by molar-refractivity contribution is 5.79. The Morgan fingerprint density at radius 1 is 1.19 bits per heavy atom. The molecule has 1 unspecified atom stereocenters. The van der Waals surface area contributed by atoms with Gasteiger partial charge in [-0.15, -0.1) is 0 Å². The zero-order chi connectivity index (χ0) is 16.0. The smallest absolute Gasteiger partial charge is 0.320 e. The van der Waals surface area contributed by atoms with E-state index in [-0.39, 0.29) is 12.5 Å². The van der Waals surface area contributed by atoms with E-state index in [4.69, 9.17) is 5.11 Å². The predicted molar refractivity (Wildman–Crippen MR) is 82.0 cm³/mol. The van der Waals surface area contributed by atoms with E-state index in [2.05, 4.69) is 0 Å². The summed E-state index contributed by atoms with van der Waals surface area (Å²) in [5, 5.41) is 9.09. The highest BCUT2D eigenvalue weighted by Crippen LogP contribution is 2.07. The summed E-state index contributed by atoms with van der Waals surface area (Å²) in [4.78, 5) is 26.4. The Balaban J connectivity index is 2.58. The zero-order valence-corrected chi connectivity index (χ0v) is 13.2. The summed E-state index contributed by atoms with van der Waals surface area (Å²) in [5.74, 6) is -0.980. The molecule has 0 saturated heterocycles. The Labute approximate surface area is 126 Å².